The molecule has 1 unspecified atom stereocenters. The first-order chi connectivity index (χ1) is 7.52. The molecule has 1 aromatic rings. The van der Waals surface area contributed by atoms with E-state index in [4.69, 9.17) is 16.3 Å². The summed E-state index contributed by atoms with van der Waals surface area (Å²) in [5, 5.41) is 0.161. The monoisotopic (exact) mass is 305 g/mol. The van der Waals surface area contributed by atoms with E-state index in [-0.39, 0.29) is 5.38 Å². The Labute approximate surface area is 111 Å². The van der Waals surface area contributed by atoms with E-state index in [1.54, 1.807) is 7.11 Å². The molecule has 0 aromatic heterocycles. The van der Waals surface area contributed by atoms with Gasteiger partial charge in [0.05, 0.1) is 7.11 Å². The van der Waals surface area contributed by atoms with Crippen LogP contribution in [-0.2, 0) is 6.54 Å². The summed E-state index contributed by atoms with van der Waals surface area (Å²) in [5.74, 6) is 0.880. The lowest BCUT2D eigenvalue weighted by atomic mass is 10.2. The number of benzene rings is 1. The van der Waals surface area contributed by atoms with Crippen LogP contribution in [0.5, 0.6) is 5.75 Å². The molecule has 4 heteroatoms. The third-order valence-electron chi connectivity index (χ3n) is 2.26. The molecule has 0 aliphatic heterocycles. The molecule has 0 amide bonds. The predicted octanol–water partition coefficient (Wildman–Crippen LogP) is 3.52. The summed E-state index contributed by atoms with van der Waals surface area (Å²) in [7, 11) is 3.74. The molecule has 0 bridgehead atoms. The van der Waals surface area contributed by atoms with E-state index in [1.165, 1.54) is 5.56 Å². The molecule has 0 radical (unpaired) electrons. The molecule has 0 saturated carbocycles. The molecule has 0 aliphatic rings. The van der Waals surface area contributed by atoms with Crippen molar-refractivity contribution >= 4 is 27.5 Å². The summed E-state index contributed by atoms with van der Waals surface area (Å²) in [6.45, 7) is 3.72. The number of rotatable bonds is 5. The number of ether oxygens (including phenoxy) is 1. The van der Waals surface area contributed by atoms with Gasteiger partial charge in [0.2, 0.25) is 0 Å². The maximum atomic E-state index is 5.96. The fourth-order valence-electron chi connectivity index (χ4n) is 1.58. The van der Waals surface area contributed by atoms with Crippen molar-refractivity contribution in [3.63, 3.8) is 0 Å². The van der Waals surface area contributed by atoms with Gasteiger partial charge in [0.1, 0.15) is 5.75 Å². The third kappa shape index (κ3) is 4.32. The van der Waals surface area contributed by atoms with Crippen LogP contribution in [0.15, 0.2) is 22.7 Å². The van der Waals surface area contributed by atoms with E-state index in [0.29, 0.717) is 0 Å². The predicted molar refractivity (Wildman–Crippen MR) is 72.3 cm³/mol. The second-order valence-corrected chi connectivity index (χ2v) is 5.53. The lowest BCUT2D eigenvalue weighted by Crippen LogP contribution is -2.24. The number of hydrogen-bond donors (Lipinski definition) is 0. The highest BCUT2D eigenvalue weighted by Crippen LogP contribution is 2.23. The van der Waals surface area contributed by atoms with Crippen molar-refractivity contribution in [3.05, 3.63) is 28.2 Å². The summed E-state index contributed by atoms with van der Waals surface area (Å²) in [4.78, 5) is 2.19. The van der Waals surface area contributed by atoms with Crippen LogP contribution in [0.25, 0.3) is 0 Å². The van der Waals surface area contributed by atoms with Crippen molar-refractivity contribution in [2.24, 2.45) is 0 Å². The summed E-state index contributed by atoms with van der Waals surface area (Å²) in [6.07, 6.45) is 0. The Bertz CT molecular complexity index is 344. The summed E-state index contributed by atoms with van der Waals surface area (Å²) < 4.78 is 6.31. The highest BCUT2D eigenvalue weighted by molar-refractivity contribution is 9.10. The highest BCUT2D eigenvalue weighted by atomic mass is 79.9. The van der Waals surface area contributed by atoms with Gasteiger partial charge < -0.3 is 9.64 Å². The normalized spacial score (nSPS) is 12.9. The minimum Gasteiger partial charge on any atom is -0.497 e. The molecule has 0 N–H and O–H groups in total. The Kier molecular flexibility index (Phi) is 5.59. The Morgan fingerprint density at radius 2 is 2.19 bits per heavy atom. The second kappa shape index (κ2) is 6.48. The zero-order chi connectivity index (χ0) is 12.1. The average molecular weight is 307 g/mol. The summed E-state index contributed by atoms with van der Waals surface area (Å²) in [6, 6.07) is 5.99. The Balaban J connectivity index is 2.71. The summed E-state index contributed by atoms with van der Waals surface area (Å²) >= 11 is 9.50. The number of methoxy groups -OCH3 is 1. The van der Waals surface area contributed by atoms with Gasteiger partial charge in [-0.05, 0) is 37.7 Å². The molecule has 90 valence electrons. The van der Waals surface area contributed by atoms with Crippen LogP contribution in [0.4, 0.5) is 0 Å². The Morgan fingerprint density at radius 1 is 1.50 bits per heavy atom. The van der Waals surface area contributed by atoms with Gasteiger partial charge in [-0.25, -0.2) is 0 Å². The molecule has 0 heterocycles. The van der Waals surface area contributed by atoms with Crippen LogP contribution < -0.4 is 4.74 Å². The van der Waals surface area contributed by atoms with E-state index in [0.717, 1.165) is 23.3 Å². The van der Waals surface area contributed by atoms with Gasteiger partial charge in [0.25, 0.3) is 0 Å². The minimum absolute atomic E-state index is 0.161. The number of alkyl halides is 1. The number of halogens is 2. The number of hydrogen-bond acceptors (Lipinski definition) is 2. The average Bonchev–Trinajstić information content (AvgIpc) is 2.20. The van der Waals surface area contributed by atoms with Gasteiger partial charge in [-0.1, -0.05) is 15.9 Å². The Hall–Kier alpha value is -0.250. The van der Waals surface area contributed by atoms with E-state index >= 15 is 0 Å². The third-order valence-corrected chi connectivity index (χ3v) is 3.17. The minimum atomic E-state index is 0.161. The first kappa shape index (κ1) is 13.8. The summed E-state index contributed by atoms with van der Waals surface area (Å²) in [5.41, 5.74) is 1.21. The van der Waals surface area contributed by atoms with Crippen molar-refractivity contribution in [2.45, 2.75) is 18.8 Å². The molecule has 1 aromatic carbocycles. The van der Waals surface area contributed by atoms with Crippen molar-refractivity contribution in [3.8, 4) is 5.75 Å². The smallest absolute Gasteiger partial charge is 0.119 e. The molecule has 16 heavy (non-hydrogen) atoms. The quantitative estimate of drug-likeness (QED) is 0.772. The first-order valence-corrected chi connectivity index (χ1v) is 6.41. The first-order valence-electron chi connectivity index (χ1n) is 5.18. The molecule has 0 spiro atoms. The zero-order valence-electron chi connectivity index (χ0n) is 9.84. The van der Waals surface area contributed by atoms with Crippen molar-refractivity contribution in [2.75, 3.05) is 20.7 Å². The highest BCUT2D eigenvalue weighted by Gasteiger charge is 2.07. The van der Waals surface area contributed by atoms with Crippen molar-refractivity contribution in [1.29, 1.82) is 0 Å². The lowest BCUT2D eigenvalue weighted by molar-refractivity contribution is 0.328. The SMILES string of the molecule is COc1ccc(Br)c(CN(C)CC(C)Cl)c1. The molecule has 2 nitrogen and oxygen atoms in total. The van der Waals surface area contributed by atoms with Crippen molar-refractivity contribution in [1.82, 2.24) is 4.90 Å². The van der Waals surface area contributed by atoms with Crippen molar-refractivity contribution < 1.29 is 4.74 Å². The van der Waals surface area contributed by atoms with Crippen LogP contribution in [0.3, 0.4) is 0 Å². The Morgan fingerprint density at radius 3 is 2.75 bits per heavy atom. The van der Waals surface area contributed by atoms with Gasteiger partial charge >= 0.3 is 0 Å². The fraction of sp³-hybridized carbons (Fsp3) is 0.500. The largest absolute Gasteiger partial charge is 0.497 e. The van der Waals surface area contributed by atoms with Gasteiger partial charge in [0, 0.05) is 22.9 Å². The van der Waals surface area contributed by atoms with Crippen LogP contribution in [0.1, 0.15) is 12.5 Å². The van der Waals surface area contributed by atoms with Crippen LogP contribution in [-0.4, -0.2) is 31.0 Å². The van der Waals surface area contributed by atoms with Gasteiger partial charge in [-0.2, -0.15) is 0 Å². The molecule has 1 rings (SSSR count). The molecule has 0 fully saturated rings. The topological polar surface area (TPSA) is 12.5 Å². The maximum Gasteiger partial charge on any atom is 0.119 e. The standard InChI is InChI=1S/C12H17BrClNO/c1-9(14)7-15(2)8-10-6-11(16-3)4-5-12(10)13/h4-6,9H,7-8H2,1-3H3. The van der Waals surface area contributed by atoms with E-state index in [1.807, 2.05) is 25.1 Å². The van der Waals surface area contributed by atoms with Gasteiger partial charge in [-0.3, -0.25) is 0 Å². The molecular weight excluding hydrogens is 289 g/mol. The number of nitrogens with zero attached hydrogens (tertiary/aromatic N) is 1. The second-order valence-electron chi connectivity index (χ2n) is 3.93. The van der Waals surface area contributed by atoms with Crippen LogP contribution in [0.2, 0.25) is 0 Å². The van der Waals surface area contributed by atoms with Crippen LogP contribution >= 0.6 is 27.5 Å². The molecular formula is C12H17BrClNO. The zero-order valence-corrected chi connectivity index (χ0v) is 12.2. The van der Waals surface area contributed by atoms with Gasteiger partial charge in [0.15, 0.2) is 0 Å². The van der Waals surface area contributed by atoms with Gasteiger partial charge in [-0.15, -0.1) is 11.6 Å². The maximum absolute atomic E-state index is 5.96. The molecule has 0 saturated heterocycles. The lowest BCUT2D eigenvalue weighted by Gasteiger charge is -2.19. The van der Waals surface area contributed by atoms with E-state index in [9.17, 15) is 0 Å². The molecule has 0 aliphatic carbocycles. The van der Waals surface area contributed by atoms with E-state index < -0.39 is 0 Å². The van der Waals surface area contributed by atoms with E-state index in [2.05, 4.69) is 27.9 Å². The fourth-order valence-corrected chi connectivity index (χ4v) is 2.19. The molecule has 1 atom stereocenters. The van der Waals surface area contributed by atoms with Crippen LogP contribution in [0, 0.1) is 0 Å².